The molecule has 2 rings (SSSR count). The van der Waals surface area contributed by atoms with Crippen molar-refractivity contribution in [3.05, 3.63) is 59.4 Å². The lowest BCUT2D eigenvalue weighted by molar-refractivity contribution is 0.941. The molecule has 1 unspecified atom stereocenters. The van der Waals surface area contributed by atoms with E-state index in [1.165, 1.54) is 15.4 Å². The summed E-state index contributed by atoms with van der Waals surface area (Å²) in [5.74, 6) is 0. The van der Waals surface area contributed by atoms with E-state index >= 15 is 0 Å². The smallest absolute Gasteiger partial charge is 0.0787 e. The van der Waals surface area contributed by atoms with Crippen LogP contribution in [0.5, 0.6) is 0 Å². The zero-order valence-electron chi connectivity index (χ0n) is 10.8. The molecule has 3 heteroatoms. The fourth-order valence-corrected chi connectivity index (χ4v) is 4.28. The van der Waals surface area contributed by atoms with Crippen molar-refractivity contribution in [3.63, 3.8) is 0 Å². The summed E-state index contributed by atoms with van der Waals surface area (Å²) >= 11 is 5.51. The first-order chi connectivity index (χ1) is 8.75. The Bertz CT molecular complexity index is 476. The monoisotopic (exact) mass is 293 g/mol. The molecule has 95 valence electrons. The molecule has 1 aromatic rings. The van der Waals surface area contributed by atoms with Crippen LogP contribution in [0.25, 0.3) is 0 Å². The van der Waals surface area contributed by atoms with Crippen LogP contribution in [0.2, 0.25) is 0 Å². The van der Waals surface area contributed by atoms with Gasteiger partial charge in [0.15, 0.2) is 0 Å². The van der Waals surface area contributed by atoms with Gasteiger partial charge in [0.25, 0.3) is 0 Å². The molecule has 0 amide bonds. The Hall–Kier alpha value is -0.250. The molecule has 0 nitrogen and oxygen atoms in total. The third-order valence-electron chi connectivity index (χ3n) is 3.06. The second-order valence-corrected chi connectivity index (χ2v) is 6.79. The first-order valence-electron chi connectivity index (χ1n) is 5.74. The molecular formula is C15H17S3. The second-order valence-electron chi connectivity index (χ2n) is 3.97. The number of hydrogen-bond acceptors (Lipinski definition) is 3. The van der Waals surface area contributed by atoms with Gasteiger partial charge in [-0.15, -0.1) is 35.3 Å². The third kappa shape index (κ3) is 2.68. The number of benzene rings is 1. The van der Waals surface area contributed by atoms with Crippen LogP contribution < -0.4 is 0 Å². The van der Waals surface area contributed by atoms with E-state index in [1.54, 1.807) is 11.8 Å². The van der Waals surface area contributed by atoms with Gasteiger partial charge in [0.05, 0.1) is 4.75 Å². The summed E-state index contributed by atoms with van der Waals surface area (Å²) in [5, 5.41) is 0. The number of rotatable bonds is 4. The SMILES string of the molecule is CSC1=CC(SC)(c2ccccc2SC)C=C[CH]1. The molecule has 0 aromatic heterocycles. The number of thioether (sulfide) groups is 3. The van der Waals surface area contributed by atoms with Crippen LogP contribution in [0.4, 0.5) is 0 Å². The van der Waals surface area contributed by atoms with Crippen molar-refractivity contribution in [2.24, 2.45) is 0 Å². The first kappa shape index (κ1) is 14.2. The van der Waals surface area contributed by atoms with E-state index in [9.17, 15) is 0 Å². The van der Waals surface area contributed by atoms with Crippen LogP contribution in [-0.2, 0) is 4.75 Å². The van der Waals surface area contributed by atoms with E-state index in [1.807, 2.05) is 23.5 Å². The van der Waals surface area contributed by atoms with Crippen LogP contribution in [0, 0.1) is 6.42 Å². The highest BCUT2D eigenvalue weighted by Crippen LogP contribution is 2.45. The summed E-state index contributed by atoms with van der Waals surface area (Å²) in [6, 6.07) is 8.69. The van der Waals surface area contributed by atoms with Crippen molar-refractivity contribution in [1.82, 2.24) is 0 Å². The van der Waals surface area contributed by atoms with Gasteiger partial charge in [-0.1, -0.05) is 36.4 Å². The predicted molar refractivity (Wildman–Crippen MR) is 88.5 cm³/mol. The average molecular weight is 294 g/mol. The molecule has 0 saturated heterocycles. The molecular weight excluding hydrogens is 276 g/mol. The lowest BCUT2D eigenvalue weighted by Crippen LogP contribution is -2.19. The van der Waals surface area contributed by atoms with Crippen LogP contribution in [0.3, 0.4) is 0 Å². The molecule has 0 N–H and O–H groups in total. The van der Waals surface area contributed by atoms with Crippen LogP contribution in [0.1, 0.15) is 5.56 Å². The van der Waals surface area contributed by atoms with E-state index < -0.39 is 0 Å². The Morgan fingerprint density at radius 1 is 1.00 bits per heavy atom. The number of hydrogen-bond donors (Lipinski definition) is 0. The minimum atomic E-state index is -0.0211. The van der Waals surface area contributed by atoms with Crippen molar-refractivity contribution in [1.29, 1.82) is 0 Å². The van der Waals surface area contributed by atoms with Gasteiger partial charge in [-0.25, -0.2) is 0 Å². The summed E-state index contributed by atoms with van der Waals surface area (Å²) in [6.07, 6.45) is 15.5. The normalized spacial score (nSPS) is 22.9. The fourth-order valence-electron chi connectivity index (χ4n) is 2.09. The van der Waals surface area contributed by atoms with Crippen molar-refractivity contribution in [2.45, 2.75) is 9.64 Å². The highest BCUT2D eigenvalue weighted by molar-refractivity contribution is 8.02. The summed E-state index contributed by atoms with van der Waals surface area (Å²) in [5.41, 5.74) is 1.39. The zero-order chi connectivity index (χ0) is 13.0. The highest BCUT2D eigenvalue weighted by atomic mass is 32.2. The quantitative estimate of drug-likeness (QED) is 0.718. The minimum absolute atomic E-state index is 0.0211. The molecule has 1 radical (unpaired) electrons. The molecule has 0 aliphatic heterocycles. The van der Waals surface area contributed by atoms with Gasteiger partial charge in [-0.3, -0.25) is 0 Å². The largest absolute Gasteiger partial charge is 0.145 e. The topological polar surface area (TPSA) is 0 Å². The van der Waals surface area contributed by atoms with Crippen molar-refractivity contribution in [3.8, 4) is 0 Å². The summed E-state index contributed by atoms with van der Waals surface area (Å²) in [6.45, 7) is 0. The molecule has 0 saturated carbocycles. The van der Waals surface area contributed by atoms with Gasteiger partial charge in [-0.2, -0.15) is 0 Å². The maximum atomic E-state index is 2.37. The Labute approximate surface area is 123 Å². The molecule has 18 heavy (non-hydrogen) atoms. The van der Waals surface area contributed by atoms with Crippen molar-refractivity contribution < 1.29 is 0 Å². The predicted octanol–water partition coefficient (Wildman–Crippen LogP) is 4.99. The Morgan fingerprint density at radius 2 is 1.78 bits per heavy atom. The van der Waals surface area contributed by atoms with Crippen molar-refractivity contribution >= 4 is 35.3 Å². The van der Waals surface area contributed by atoms with Gasteiger partial charge >= 0.3 is 0 Å². The average Bonchev–Trinajstić information content (AvgIpc) is 2.47. The van der Waals surface area contributed by atoms with E-state index in [2.05, 4.69) is 67.7 Å². The zero-order valence-corrected chi connectivity index (χ0v) is 13.3. The molecule has 0 fully saturated rings. The Balaban J connectivity index is 2.53. The maximum absolute atomic E-state index is 2.37. The van der Waals surface area contributed by atoms with Crippen LogP contribution >= 0.6 is 35.3 Å². The molecule has 0 bridgehead atoms. The molecule has 1 aliphatic carbocycles. The second kappa shape index (κ2) is 6.27. The maximum Gasteiger partial charge on any atom is 0.0787 e. The minimum Gasteiger partial charge on any atom is -0.145 e. The van der Waals surface area contributed by atoms with Gasteiger partial charge in [0.2, 0.25) is 0 Å². The first-order valence-corrected chi connectivity index (χ1v) is 9.41. The van der Waals surface area contributed by atoms with E-state index in [-0.39, 0.29) is 4.75 Å². The van der Waals surface area contributed by atoms with Gasteiger partial charge in [-0.05, 0) is 35.3 Å². The Morgan fingerprint density at radius 3 is 2.44 bits per heavy atom. The van der Waals surface area contributed by atoms with E-state index in [4.69, 9.17) is 0 Å². The summed E-state index contributed by atoms with van der Waals surface area (Å²) in [7, 11) is 0. The lowest BCUT2D eigenvalue weighted by atomic mass is 9.93. The Kier molecular flexibility index (Phi) is 4.93. The fraction of sp³-hybridized carbons (Fsp3) is 0.267. The standard InChI is InChI=1S/C15H17S3/c1-16-12-7-6-10-15(11-12,18-3)13-8-4-5-9-14(13)17-2/h4-11H,1-3H3. The van der Waals surface area contributed by atoms with E-state index in [0.29, 0.717) is 0 Å². The van der Waals surface area contributed by atoms with Crippen molar-refractivity contribution in [2.75, 3.05) is 18.8 Å². The van der Waals surface area contributed by atoms with Crippen LogP contribution in [-0.4, -0.2) is 18.8 Å². The molecule has 1 atom stereocenters. The van der Waals surface area contributed by atoms with Gasteiger partial charge in [0, 0.05) is 11.3 Å². The highest BCUT2D eigenvalue weighted by Gasteiger charge is 2.30. The number of allylic oxidation sites excluding steroid dienone is 2. The lowest BCUT2D eigenvalue weighted by Gasteiger charge is -2.31. The van der Waals surface area contributed by atoms with E-state index in [0.717, 1.165) is 0 Å². The third-order valence-corrected chi connectivity index (χ3v) is 5.73. The summed E-state index contributed by atoms with van der Waals surface area (Å²) < 4.78 is -0.0211. The van der Waals surface area contributed by atoms with Gasteiger partial charge < -0.3 is 0 Å². The molecule has 1 aromatic carbocycles. The molecule has 0 heterocycles. The van der Waals surface area contributed by atoms with Gasteiger partial charge in [0.1, 0.15) is 0 Å². The molecule has 0 spiro atoms. The summed E-state index contributed by atoms with van der Waals surface area (Å²) in [4.78, 5) is 2.69. The van der Waals surface area contributed by atoms with Crippen LogP contribution in [0.15, 0.2) is 52.3 Å². The molecule has 1 aliphatic rings.